The van der Waals surface area contributed by atoms with E-state index in [0.29, 0.717) is 24.3 Å². The summed E-state index contributed by atoms with van der Waals surface area (Å²) in [5, 5.41) is 5.59. The number of aromatic nitrogens is 2. The number of furan rings is 1. The van der Waals surface area contributed by atoms with Gasteiger partial charge in [-0.2, -0.15) is 0 Å². The van der Waals surface area contributed by atoms with Crippen LogP contribution in [0.15, 0.2) is 77.7 Å². The molecule has 28 heavy (non-hydrogen) atoms. The van der Waals surface area contributed by atoms with Crippen molar-refractivity contribution < 1.29 is 14.0 Å². The highest BCUT2D eigenvalue weighted by Gasteiger charge is 2.09. The summed E-state index contributed by atoms with van der Waals surface area (Å²) < 4.78 is 7.01. The molecule has 0 aliphatic rings. The molecule has 0 aliphatic heterocycles. The van der Waals surface area contributed by atoms with Crippen LogP contribution in [0.4, 0.5) is 11.4 Å². The second kappa shape index (κ2) is 7.79. The molecule has 0 fully saturated rings. The zero-order chi connectivity index (χ0) is 19.3. The highest BCUT2D eigenvalue weighted by Crippen LogP contribution is 2.16. The summed E-state index contributed by atoms with van der Waals surface area (Å²) in [6.45, 7) is 0.545. The van der Waals surface area contributed by atoms with E-state index in [0.717, 1.165) is 11.0 Å². The number of aryl methyl sites for hydroxylation is 1. The standard InChI is InChI=1S/C21H18N4O3/c26-20(11-12-25-14-22-17-4-1-2-5-18(17)25)23-15-7-9-16(10-8-15)24-21(27)19-6-3-13-28-19/h1-10,13-14H,11-12H2,(H,23,26)(H,24,27). The van der Waals surface area contributed by atoms with E-state index in [1.165, 1.54) is 6.26 Å². The third-order valence-electron chi connectivity index (χ3n) is 4.28. The molecule has 140 valence electrons. The van der Waals surface area contributed by atoms with Crippen molar-refractivity contribution in [2.24, 2.45) is 0 Å². The number of amides is 2. The Morgan fingerprint density at radius 2 is 1.68 bits per heavy atom. The van der Waals surface area contributed by atoms with Crippen molar-refractivity contribution in [3.8, 4) is 0 Å². The summed E-state index contributed by atoms with van der Waals surface area (Å²) in [4.78, 5) is 28.5. The molecule has 2 aromatic heterocycles. The van der Waals surface area contributed by atoms with Gasteiger partial charge in [0.25, 0.3) is 5.91 Å². The maximum atomic E-state index is 12.2. The molecule has 7 heteroatoms. The summed E-state index contributed by atoms with van der Waals surface area (Å²) in [7, 11) is 0. The van der Waals surface area contributed by atoms with Crippen LogP contribution in [0.2, 0.25) is 0 Å². The molecule has 0 aliphatic carbocycles. The number of para-hydroxylation sites is 2. The lowest BCUT2D eigenvalue weighted by Crippen LogP contribution is -2.14. The third kappa shape index (κ3) is 3.93. The average Bonchev–Trinajstić information content (AvgIpc) is 3.38. The molecule has 2 N–H and O–H groups in total. The number of benzene rings is 2. The van der Waals surface area contributed by atoms with Crippen molar-refractivity contribution in [1.82, 2.24) is 9.55 Å². The zero-order valence-electron chi connectivity index (χ0n) is 15.0. The molecule has 4 rings (SSSR count). The molecular weight excluding hydrogens is 356 g/mol. The van der Waals surface area contributed by atoms with Gasteiger partial charge in [0.2, 0.25) is 5.91 Å². The van der Waals surface area contributed by atoms with E-state index in [4.69, 9.17) is 4.42 Å². The van der Waals surface area contributed by atoms with Gasteiger partial charge in [-0.1, -0.05) is 12.1 Å². The molecule has 0 radical (unpaired) electrons. The lowest BCUT2D eigenvalue weighted by molar-refractivity contribution is -0.116. The van der Waals surface area contributed by atoms with E-state index in [9.17, 15) is 9.59 Å². The number of imidazole rings is 1. The molecule has 7 nitrogen and oxygen atoms in total. The molecule has 4 aromatic rings. The maximum absolute atomic E-state index is 12.2. The molecule has 0 bridgehead atoms. The van der Waals surface area contributed by atoms with E-state index >= 15 is 0 Å². The SMILES string of the molecule is O=C(CCn1cnc2ccccc21)Nc1ccc(NC(=O)c2ccco2)cc1. The first-order chi connectivity index (χ1) is 13.7. The second-order valence-corrected chi connectivity index (χ2v) is 6.23. The number of rotatable bonds is 6. The summed E-state index contributed by atoms with van der Waals surface area (Å²) in [6, 6.07) is 18.0. The number of anilines is 2. The Labute approximate surface area is 161 Å². The lowest BCUT2D eigenvalue weighted by Gasteiger charge is -2.08. The minimum atomic E-state index is -0.325. The predicted octanol–water partition coefficient (Wildman–Crippen LogP) is 3.91. The molecule has 0 unspecified atom stereocenters. The van der Waals surface area contributed by atoms with Gasteiger partial charge in [-0.15, -0.1) is 0 Å². The molecule has 2 amide bonds. The quantitative estimate of drug-likeness (QED) is 0.535. The van der Waals surface area contributed by atoms with Gasteiger partial charge in [0, 0.05) is 24.3 Å². The number of fused-ring (bicyclic) bond motifs is 1. The van der Waals surface area contributed by atoms with E-state index in [-0.39, 0.29) is 17.6 Å². The van der Waals surface area contributed by atoms with Crippen molar-refractivity contribution >= 4 is 34.2 Å². The number of nitrogens with one attached hydrogen (secondary N) is 2. The van der Waals surface area contributed by atoms with E-state index < -0.39 is 0 Å². The lowest BCUT2D eigenvalue weighted by atomic mass is 10.2. The van der Waals surface area contributed by atoms with Crippen molar-refractivity contribution in [3.05, 3.63) is 79.0 Å². The minimum absolute atomic E-state index is 0.0925. The first kappa shape index (κ1) is 17.5. The van der Waals surface area contributed by atoms with Crippen LogP contribution in [-0.2, 0) is 11.3 Å². The van der Waals surface area contributed by atoms with Crippen LogP contribution in [0.25, 0.3) is 11.0 Å². The second-order valence-electron chi connectivity index (χ2n) is 6.23. The van der Waals surface area contributed by atoms with Crippen LogP contribution in [-0.4, -0.2) is 21.4 Å². The van der Waals surface area contributed by atoms with Gasteiger partial charge in [0.1, 0.15) is 0 Å². The summed E-state index contributed by atoms with van der Waals surface area (Å²) >= 11 is 0. The van der Waals surface area contributed by atoms with Crippen LogP contribution >= 0.6 is 0 Å². The van der Waals surface area contributed by atoms with E-state index in [1.807, 2.05) is 28.8 Å². The van der Waals surface area contributed by atoms with Crippen molar-refractivity contribution in [2.45, 2.75) is 13.0 Å². The number of carbonyl (C=O) groups excluding carboxylic acids is 2. The summed E-state index contributed by atoms with van der Waals surface area (Å²) in [5.41, 5.74) is 3.20. The van der Waals surface area contributed by atoms with Gasteiger partial charge in [-0.25, -0.2) is 4.98 Å². The fourth-order valence-electron chi connectivity index (χ4n) is 2.87. The fraction of sp³-hybridized carbons (Fsp3) is 0.0952. The largest absolute Gasteiger partial charge is 0.459 e. The predicted molar refractivity (Wildman–Crippen MR) is 106 cm³/mol. The van der Waals surface area contributed by atoms with E-state index in [1.54, 1.807) is 42.7 Å². The fourth-order valence-corrected chi connectivity index (χ4v) is 2.87. The van der Waals surface area contributed by atoms with Gasteiger partial charge in [-0.3, -0.25) is 9.59 Å². The molecule has 2 aromatic carbocycles. The average molecular weight is 374 g/mol. The van der Waals surface area contributed by atoms with Gasteiger partial charge in [0.05, 0.1) is 23.6 Å². The van der Waals surface area contributed by atoms with Crippen molar-refractivity contribution in [1.29, 1.82) is 0 Å². The van der Waals surface area contributed by atoms with Gasteiger partial charge in [0.15, 0.2) is 5.76 Å². The zero-order valence-corrected chi connectivity index (χ0v) is 15.0. The molecule has 0 saturated heterocycles. The molecule has 0 atom stereocenters. The van der Waals surface area contributed by atoms with Crippen LogP contribution < -0.4 is 10.6 Å². The van der Waals surface area contributed by atoms with Crippen LogP contribution in [0, 0.1) is 0 Å². The molecule has 0 saturated carbocycles. The van der Waals surface area contributed by atoms with Crippen LogP contribution in [0.1, 0.15) is 17.0 Å². The number of carbonyl (C=O) groups is 2. The van der Waals surface area contributed by atoms with Crippen molar-refractivity contribution in [3.63, 3.8) is 0 Å². The molecule has 0 spiro atoms. The number of nitrogens with zero attached hydrogens (tertiary/aromatic N) is 2. The normalized spacial score (nSPS) is 10.7. The Balaban J connectivity index is 1.31. The number of hydrogen-bond donors (Lipinski definition) is 2. The Kier molecular flexibility index (Phi) is 4.88. The Morgan fingerprint density at radius 1 is 0.929 bits per heavy atom. The Bertz CT molecular complexity index is 1100. The Hall–Kier alpha value is -3.87. The third-order valence-corrected chi connectivity index (χ3v) is 4.28. The first-order valence-corrected chi connectivity index (χ1v) is 8.84. The van der Waals surface area contributed by atoms with Gasteiger partial charge >= 0.3 is 0 Å². The highest BCUT2D eigenvalue weighted by atomic mass is 16.3. The minimum Gasteiger partial charge on any atom is -0.459 e. The monoisotopic (exact) mass is 374 g/mol. The number of hydrogen-bond acceptors (Lipinski definition) is 4. The van der Waals surface area contributed by atoms with Crippen molar-refractivity contribution in [2.75, 3.05) is 10.6 Å². The maximum Gasteiger partial charge on any atom is 0.291 e. The topological polar surface area (TPSA) is 89.2 Å². The van der Waals surface area contributed by atoms with E-state index in [2.05, 4.69) is 15.6 Å². The molecular formula is C21H18N4O3. The van der Waals surface area contributed by atoms with Crippen LogP contribution in [0.3, 0.4) is 0 Å². The van der Waals surface area contributed by atoms with Crippen LogP contribution in [0.5, 0.6) is 0 Å². The highest BCUT2D eigenvalue weighted by molar-refractivity contribution is 6.02. The summed E-state index contributed by atoms with van der Waals surface area (Å²) in [5.74, 6) is -0.177. The molecule has 2 heterocycles. The summed E-state index contributed by atoms with van der Waals surface area (Å²) in [6.07, 6.45) is 3.52. The Morgan fingerprint density at radius 3 is 2.43 bits per heavy atom. The smallest absolute Gasteiger partial charge is 0.291 e. The van der Waals surface area contributed by atoms with Gasteiger partial charge in [-0.05, 0) is 48.5 Å². The van der Waals surface area contributed by atoms with Gasteiger partial charge < -0.3 is 19.6 Å². The first-order valence-electron chi connectivity index (χ1n) is 8.84.